The maximum atomic E-state index is 12.3. The maximum absolute atomic E-state index is 12.3. The molecule has 0 saturated carbocycles. The number of methoxy groups -OCH3 is 1. The van der Waals surface area contributed by atoms with Crippen molar-refractivity contribution in [1.82, 2.24) is 20.6 Å². The summed E-state index contributed by atoms with van der Waals surface area (Å²) in [6.07, 6.45) is 1.14. The van der Waals surface area contributed by atoms with Crippen molar-refractivity contribution in [2.75, 3.05) is 58.9 Å². The van der Waals surface area contributed by atoms with E-state index >= 15 is 0 Å². The molecule has 34 heavy (non-hydrogen) atoms. The van der Waals surface area contributed by atoms with Crippen molar-refractivity contribution >= 4 is 35.1 Å². The number of likely N-dealkylation sites (N-methyl/N-ethyl adjacent to an activating group) is 1. The van der Waals surface area contributed by atoms with Gasteiger partial charge in [-0.3, -0.25) is 9.59 Å². The Labute approximate surface area is 206 Å². The Bertz CT molecular complexity index is 937. The lowest BCUT2D eigenvalue weighted by atomic mass is 10.1. The molecular formula is C23H37ClN7O3+. The van der Waals surface area contributed by atoms with Gasteiger partial charge in [0.1, 0.15) is 5.75 Å². The van der Waals surface area contributed by atoms with Crippen molar-refractivity contribution in [2.45, 2.75) is 26.7 Å². The van der Waals surface area contributed by atoms with Crippen LogP contribution in [-0.4, -0.2) is 73.6 Å². The molecule has 1 aromatic heterocycles. The van der Waals surface area contributed by atoms with Gasteiger partial charge >= 0.3 is 0 Å². The van der Waals surface area contributed by atoms with E-state index in [0.29, 0.717) is 30.5 Å². The molecule has 0 fully saturated rings. The van der Waals surface area contributed by atoms with Gasteiger partial charge in [0.2, 0.25) is 5.91 Å². The molecule has 0 spiro atoms. The Balaban J connectivity index is 0.00000281. The van der Waals surface area contributed by atoms with E-state index in [0.717, 1.165) is 24.3 Å². The zero-order valence-electron chi connectivity index (χ0n) is 20.7. The highest BCUT2D eigenvalue weighted by atomic mass is 35.5. The second-order valence-corrected chi connectivity index (χ2v) is 8.36. The van der Waals surface area contributed by atoms with E-state index in [1.165, 1.54) is 0 Å². The maximum Gasteiger partial charge on any atom is 0.273 e. The van der Waals surface area contributed by atoms with Crippen molar-refractivity contribution in [3.8, 4) is 5.75 Å². The molecule has 0 bridgehead atoms. The van der Waals surface area contributed by atoms with Crippen LogP contribution in [0.2, 0.25) is 5.15 Å². The summed E-state index contributed by atoms with van der Waals surface area (Å²) in [6, 6.07) is 7.43. The molecule has 0 atom stereocenters. The highest BCUT2D eigenvalue weighted by Crippen LogP contribution is 2.17. The van der Waals surface area contributed by atoms with Gasteiger partial charge in [0, 0.05) is 13.0 Å². The molecule has 6 N–H and O–H groups in total. The average molecular weight is 495 g/mol. The van der Waals surface area contributed by atoms with Gasteiger partial charge in [-0.05, 0) is 17.7 Å². The van der Waals surface area contributed by atoms with Gasteiger partial charge in [-0.25, -0.2) is 9.97 Å². The lowest BCUT2D eigenvalue weighted by Gasteiger charge is -2.30. The van der Waals surface area contributed by atoms with Crippen LogP contribution in [0.5, 0.6) is 5.75 Å². The lowest BCUT2D eigenvalue weighted by molar-refractivity contribution is -0.889. The molecule has 0 radical (unpaired) electrons. The minimum absolute atomic E-state index is 0.0189. The van der Waals surface area contributed by atoms with Gasteiger partial charge in [0.15, 0.2) is 22.5 Å². The molecule has 1 aromatic carbocycles. The standard InChI is InChI=1S/C21H30ClN7O3.C2H6/c1-29(2,12-10-26-21(31)17-19(23)28-20(24)18(22)27-17)11-4-9-25-16(30)13-14-5-7-15(32-3)8-6-14;1-2/h5-8H,4,9-13H2,1-3H3,(H5-,23,24,25,26,28,30,31);1-2H3/p+1. The van der Waals surface area contributed by atoms with E-state index in [2.05, 4.69) is 34.7 Å². The number of aromatic nitrogens is 2. The number of hydrogen-bond donors (Lipinski definition) is 4. The Hall–Kier alpha value is -3.11. The molecule has 1 heterocycles. The number of carbonyl (C=O) groups is 2. The summed E-state index contributed by atoms with van der Waals surface area (Å²) in [5.41, 5.74) is 12.1. The first-order valence-electron chi connectivity index (χ1n) is 11.2. The van der Waals surface area contributed by atoms with E-state index in [1.807, 2.05) is 38.1 Å². The average Bonchev–Trinajstić information content (AvgIpc) is 2.81. The highest BCUT2D eigenvalue weighted by molar-refractivity contribution is 6.31. The van der Waals surface area contributed by atoms with Crippen LogP contribution in [0, 0.1) is 0 Å². The molecule has 11 heteroatoms. The second-order valence-electron chi connectivity index (χ2n) is 8.00. The van der Waals surface area contributed by atoms with Gasteiger partial charge in [-0.15, -0.1) is 0 Å². The Kier molecular flexibility index (Phi) is 12.1. The van der Waals surface area contributed by atoms with Gasteiger partial charge < -0.3 is 31.3 Å². The van der Waals surface area contributed by atoms with Gasteiger partial charge in [0.25, 0.3) is 5.91 Å². The summed E-state index contributed by atoms with van der Waals surface area (Å²) in [7, 11) is 5.72. The number of benzene rings is 1. The largest absolute Gasteiger partial charge is 0.497 e. The number of nitrogens with one attached hydrogen (secondary N) is 2. The third-order valence-electron chi connectivity index (χ3n) is 4.91. The number of nitrogens with zero attached hydrogens (tertiary/aromatic N) is 3. The number of rotatable bonds is 11. The molecular weight excluding hydrogens is 458 g/mol. The van der Waals surface area contributed by atoms with E-state index in [9.17, 15) is 9.59 Å². The first-order valence-corrected chi connectivity index (χ1v) is 11.6. The van der Waals surface area contributed by atoms with E-state index in [-0.39, 0.29) is 28.4 Å². The molecule has 0 saturated heterocycles. The van der Waals surface area contributed by atoms with Crippen LogP contribution in [0.4, 0.5) is 11.6 Å². The number of quaternary nitrogens is 1. The molecule has 188 valence electrons. The second kappa shape index (κ2) is 14.2. The number of anilines is 2. The third kappa shape index (κ3) is 9.80. The quantitative estimate of drug-likeness (QED) is 0.275. The fourth-order valence-electron chi connectivity index (χ4n) is 3.00. The number of carbonyl (C=O) groups excluding carboxylic acids is 2. The van der Waals surface area contributed by atoms with E-state index in [4.69, 9.17) is 27.8 Å². The monoisotopic (exact) mass is 494 g/mol. The normalized spacial score (nSPS) is 10.6. The van der Waals surface area contributed by atoms with Crippen molar-refractivity contribution in [3.05, 3.63) is 40.7 Å². The molecule has 0 aliphatic carbocycles. The lowest BCUT2D eigenvalue weighted by Crippen LogP contribution is -2.46. The minimum Gasteiger partial charge on any atom is -0.497 e. The van der Waals surface area contributed by atoms with Crippen LogP contribution in [0.25, 0.3) is 0 Å². The number of nitrogens with two attached hydrogens (primary N) is 2. The predicted molar refractivity (Wildman–Crippen MR) is 136 cm³/mol. The number of nitrogen functional groups attached to an aromatic ring is 2. The topological polar surface area (TPSA) is 145 Å². The number of hydrogen-bond acceptors (Lipinski definition) is 7. The number of halogens is 1. The highest BCUT2D eigenvalue weighted by Gasteiger charge is 2.18. The predicted octanol–water partition coefficient (Wildman–Crippen LogP) is 1.88. The minimum atomic E-state index is -0.456. The first kappa shape index (κ1) is 28.9. The van der Waals surface area contributed by atoms with Gasteiger partial charge in [-0.2, -0.15) is 0 Å². The van der Waals surface area contributed by atoms with E-state index in [1.54, 1.807) is 7.11 Å². The summed E-state index contributed by atoms with van der Waals surface area (Å²) in [4.78, 5) is 32.1. The smallest absolute Gasteiger partial charge is 0.273 e. The summed E-state index contributed by atoms with van der Waals surface area (Å²) >= 11 is 5.82. The molecule has 10 nitrogen and oxygen atoms in total. The summed E-state index contributed by atoms with van der Waals surface area (Å²) in [5, 5.41) is 5.65. The van der Waals surface area contributed by atoms with Gasteiger partial charge in [-0.1, -0.05) is 37.6 Å². The summed E-state index contributed by atoms with van der Waals surface area (Å²) in [5.74, 6) is 0.202. The van der Waals surface area contributed by atoms with Crippen LogP contribution >= 0.6 is 11.6 Å². The van der Waals surface area contributed by atoms with Crippen molar-refractivity contribution in [3.63, 3.8) is 0 Å². The molecule has 2 aromatic rings. The molecule has 2 rings (SSSR count). The third-order valence-corrected chi connectivity index (χ3v) is 5.19. The van der Waals surface area contributed by atoms with Crippen molar-refractivity contribution in [1.29, 1.82) is 0 Å². The SMILES string of the molecule is CC.COc1ccc(CC(=O)NCCC[N+](C)(C)CCNC(=O)c2nc(Cl)c(N)nc2N)cc1. The zero-order chi connectivity index (χ0) is 25.7. The van der Waals surface area contributed by atoms with Crippen molar-refractivity contribution < 1.29 is 18.8 Å². The van der Waals surface area contributed by atoms with Gasteiger partial charge in [0.05, 0.1) is 47.3 Å². The van der Waals surface area contributed by atoms with Crippen LogP contribution < -0.4 is 26.8 Å². The first-order chi connectivity index (χ1) is 16.1. The number of amides is 2. The Morgan fingerprint density at radius 1 is 1.00 bits per heavy atom. The molecule has 0 unspecified atom stereocenters. The van der Waals surface area contributed by atoms with Crippen LogP contribution in [0.3, 0.4) is 0 Å². The number of ether oxygens (including phenoxy) is 1. The summed E-state index contributed by atoms with van der Waals surface area (Å²) < 4.78 is 5.78. The molecule has 0 aliphatic rings. The Morgan fingerprint density at radius 2 is 1.65 bits per heavy atom. The Morgan fingerprint density at radius 3 is 2.26 bits per heavy atom. The molecule has 0 aliphatic heterocycles. The fourth-order valence-corrected chi connectivity index (χ4v) is 3.13. The zero-order valence-corrected chi connectivity index (χ0v) is 21.4. The van der Waals surface area contributed by atoms with Crippen LogP contribution in [-0.2, 0) is 11.2 Å². The van der Waals surface area contributed by atoms with Crippen LogP contribution in [0.15, 0.2) is 24.3 Å². The fraction of sp³-hybridized carbons (Fsp3) is 0.478. The van der Waals surface area contributed by atoms with Crippen molar-refractivity contribution in [2.24, 2.45) is 0 Å². The summed E-state index contributed by atoms with van der Waals surface area (Å²) in [6.45, 7) is 6.51. The van der Waals surface area contributed by atoms with E-state index < -0.39 is 5.91 Å². The van der Waals surface area contributed by atoms with Crippen LogP contribution in [0.1, 0.15) is 36.3 Å². The molecule has 2 amide bonds.